The molecule has 1 atom stereocenters. The van der Waals surface area contributed by atoms with E-state index in [9.17, 15) is 4.79 Å². The third-order valence-electron chi connectivity index (χ3n) is 5.83. The van der Waals surface area contributed by atoms with Gasteiger partial charge in [0.15, 0.2) is 0 Å². The molecular formula is C19H28N4O. The van der Waals surface area contributed by atoms with E-state index in [2.05, 4.69) is 35.3 Å². The van der Waals surface area contributed by atoms with Crippen molar-refractivity contribution >= 4 is 11.0 Å². The van der Waals surface area contributed by atoms with Gasteiger partial charge in [-0.1, -0.05) is 0 Å². The van der Waals surface area contributed by atoms with Gasteiger partial charge in [-0.25, -0.2) is 4.68 Å². The molecule has 2 aromatic rings. The third kappa shape index (κ3) is 2.25. The lowest BCUT2D eigenvalue weighted by molar-refractivity contribution is 0.151. The zero-order valence-corrected chi connectivity index (χ0v) is 15.1. The lowest BCUT2D eigenvalue weighted by atomic mass is 9.91. The van der Waals surface area contributed by atoms with Gasteiger partial charge in [0, 0.05) is 30.1 Å². The second-order valence-corrected chi connectivity index (χ2v) is 7.49. The average molecular weight is 328 g/mol. The van der Waals surface area contributed by atoms with Crippen LogP contribution in [0, 0.1) is 0 Å². The minimum atomic E-state index is 0.175. The molecule has 24 heavy (non-hydrogen) atoms. The molecule has 0 radical (unpaired) electrons. The Morgan fingerprint density at radius 1 is 1.21 bits per heavy atom. The van der Waals surface area contributed by atoms with E-state index < -0.39 is 0 Å². The summed E-state index contributed by atoms with van der Waals surface area (Å²) in [5.74, 6) is 0. The Morgan fingerprint density at radius 3 is 2.67 bits per heavy atom. The van der Waals surface area contributed by atoms with Crippen LogP contribution in [-0.2, 0) is 19.4 Å². The normalized spacial score (nSPS) is 21.8. The number of aryl methyl sites for hydroxylation is 2. The Balaban J connectivity index is 2.02. The molecule has 0 amide bonds. The molecule has 0 N–H and O–H groups in total. The highest BCUT2D eigenvalue weighted by molar-refractivity contribution is 5.81. The molecule has 130 valence electrons. The summed E-state index contributed by atoms with van der Waals surface area (Å²) in [5, 5.41) is 5.81. The fraction of sp³-hybridized carbons (Fsp3) is 0.684. The molecule has 4 rings (SSSR count). The molecule has 0 aromatic carbocycles. The first-order valence-electron chi connectivity index (χ1n) is 9.51. The summed E-state index contributed by atoms with van der Waals surface area (Å²) in [6.07, 6.45) is 8.65. The van der Waals surface area contributed by atoms with Gasteiger partial charge in [-0.3, -0.25) is 14.3 Å². The van der Waals surface area contributed by atoms with Crippen LogP contribution in [0.2, 0.25) is 0 Å². The van der Waals surface area contributed by atoms with Gasteiger partial charge < -0.3 is 0 Å². The number of pyridine rings is 1. The molecule has 0 saturated carbocycles. The maximum absolute atomic E-state index is 13.4. The van der Waals surface area contributed by atoms with Gasteiger partial charge in [0.2, 0.25) is 0 Å². The predicted octanol–water partition coefficient (Wildman–Crippen LogP) is 3.10. The van der Waals surface area contributed by atoms with Crippen LogP contribution in [0.15, 0.2) is 11.0 Å². The molecule has 1 aliphatic carbocycles. The molecule has 2 aromatic heterocycles. The van der Waals surface area contributed by atoms with E-state index in [1.165, 1.54) is 17.4 Å². The summed E-state index contributed by atoms with van der Waals surface area (Å²) in [7, 11) is 0. The summed E-state index contributed by atoms with van der Waals surface area (Å²) in [6, 6.07) is 0.452. The Hall–Kier alpha value is -1.62. The van der Waals surface area contributed by atoms with Gasteiger partial charge >= 0.3 is 0 Å². The average Bonchev–Trinajstić information content (AvgIpc) is 3.22. The maximum Gasteiger partial charge on any atom is 0.257 e. The van der Waals surface area contributed by atoms with Crippen LogP contribution in [0.5, 0.6) is 0 Å². The van der Waals surface area contributed by atoms with Crippen molar-refractivity contribution in [3.8, 4) is 0 Å². The fourth-order valence-corrected chi connectivity index (χ4v) is 4.69. The van der Waals surface area contributed by atoms with E-state index in [4.69, 9.17) is 0 Å². The largest absolute Gasteiger partial charge is 0.281 e. The van der Waals surface area contributed by atoms with Gasteiger partial charge in [-0.05, 0) is 64.9 Å². The Labute approximate surface area is 143 Å². The van der Waals surface area contributed by atoms with E-state index in [1.807, 2.05) is 10.9 Å². The Kier molecular flexibility index (Phi) is 3.99. The second kappa shape index (κ2) is 6.03. The van der Waals surface area contributed by atoms with Crippen LogP contribution in [-0.4, -0.2) is 31.8 Å². The minimum Gasteiger partial charge on any atom is -0.281 e. The topological polar surface area (TPSA) is 43.1 Å². The maximum atomic E-state index is 13.4. The first-order chi connectivity index (χ1) is 11.6. The molecule has 2 aliphatic rings. The zero-order chi connectivity index (χ0) is 16.8. The fourth-order valence-electron chi connectivity index (χ4n) is 4.69. The molecule has 1 fully saturated rings. The summed E-state index contributed by atoms with van der Waals surface area (Å²) in [4.78, 5) is 15.9. The second-order valence-electron chi connectivity index (χ2n) is 7.49. The SMILES string of the molecule is CCn1ncc2c3c(c(=O)n(C4CCCN4C(C)C)c21)CCCC3. The number of hydrogen-bond acceptors (Lipinski definition) is 3. The molecule has 1 unspecified atom stereocenters. The number of rotatable bonds is 3. The van der Waals surface area contributed by atoms with E-state index in [0.29, 0.717) is 6.04 Å². The first-order valence-corrected chi connectivity index (χ1v) is 9.51. The van der Waals surface area contributed by atoms with Crippen molar-refractivity contribution in [1.82, 2.24) is 19.2 Å². The number of nitrogens with zero attached hydrogens (tertiary/aromatic N) is 4. The van der Waals surface area contributed by atoms with Crippen molar-refractivity contribution < 1.29 is 0 Å². The molecule has 5 nitrogen and oxygen atoms in total. The summed E-state index contributed by atoms with van der Waals surface area (Å²) in [5.41, 5.74) is 3.61. The quantitative estimate of drug-likeness (QED) is 0.869. The molecule has 0 spiro atoms. The lowest BCUT2D eigenvalue weighted by Crippen LogP contribution is -2.40. The van der Waals surface area contributed by atoms with E-state index in [1.54, 1.807) is 0 Å². The number of aromatic nitrogens is 3. The van der Waals surface area contributed by atoms with Crippen molar-refractivity contribution in [3.05, 3.63) is 27.7 Å². The van der Waals surface area contributed by atoms with Crippen LogP contribution < -0.4 is 5.56 Å². The molecule has 5 heteroatoms. The minimum absolute atomic E-state index is 0.175. The van der Waals surface area contributed by atoms with Gasteiger partial charge in [-0.2, -0.15) is 5.10 Å². The van der Waals surface area contributed by atoms with Gasteiger partial charge in [-0.15, -0.1) is 0 Å². The van der Waals surface area contributed by atoms with Crippen molar-refractivity contribution in [1.29, 1.82) is 0 Å². The molecule has 0 bridgehead atoms. The summed E-state index contributed by atoms with van der Waals surface area (Å²) in [6.45, 7) is 8.45. The van der Waals surface area contributed by atoms with Crippen LogP contribution in [0.1, 0.15) is 63.7 Å². The zero-order valence-electron chi connectivity index (χ0n) is 15.1. The van der Waals surface area contributed by atoms with Gasteiger partial charge in [0.1, 0.15) is 5.65 Å². The summed E-state index contributed by atoms with van der Waals surface area (Å²) < 4.78 is 4.10. The van der Waals surface area contributed by atoms with Crippen molar-refractivity contribution in [2.45, 2.75) is 78.0 Å². The smallest absolute Gasteiger partial charge is 0.257 e. The number of hydrogen-bond donors (Lipinski definition) is 0. The Morgan fingerprint density at radius 2 is 1.96 bits per heavy atom. The molecule has 1 aliphatic heterocycles. The predicted molar refractivity (Wildman–Crippen MR) is 96.4 cm³/mol. The first kappa shape index (κ1) is 15.9. The highest BCUT2D eigenvalue weighted by atomic mass is 16.1. The van der Waals surface area contributed by atoms with Crippen molar-refractivity contribution in [2.24, 2.45) is 0 Å². The van der Waals surface area contributed by atoms with Crippen LogP contribution in [0.4, 0.5) is 0 Å². The standard InChI is InChI=1S/C19H28N4O/c1-4-22-18-16(12-20-22)14-8-5-6-9-15(14)19(24)23(18)17-10-7-11-21(17)13(2)3/h12-13,17H,4-11H2,1-3H3. The van der Waals surface area contributed by atoms with E-state index >= 15 is 0 Å². The van der Waals surface area contributed by atoms with Crippen molar-refractivity contribution in [3.63, 3.8) is 0 Å². The van der Waals surface area contributed by atoms with Crippen LogP contribution >= 0.6 is 0 Å². The Bertz CT molecular complexity index is 817. The molecule has 3 heterocycles. The van der Waals surface area contributed by atoms with E-state index in [0.717, 1.165) is 56.4 Å². The van der Waals surface area contributed by atoms with Gasteiger partial charge in [0.25, 0.3) is 5.56 Å². The highest BCUT2D eigenvalue weighted by Crippen LogP contribution is 2.33. The molecular weight excluding hydrogens is 300 g/mol. The monoisotopic (exact) mass is 328 g/mol. The van der Waals surface area contributed by atoms with Gasteiger partial charge in [0.05, 0.1) is 12.4 Å². The van der Waals surface area contributed by atoms with Crippen LogP contribution in [0.25, 0.3) is 11.0 Å². The lowest BCUT2D eigenvalue weighted by Gasteiger charge is -2.31. The van der Waals surface area contributed by atoms with Crippen molar-refractivity contribution in [2.75, 3.05) is 6.54 Å². The van der Waals surface area contributed by atoms with E-state index in [-0.39, 0.29) is 11.7 Å². The molecule has 1 saturated heterocycles. The number of likely N-dealkylation sites (tertiary alicyclic amines) is 1. The number of fused-ring (bicyclic) bond motifs is 3. The third-order valence-corrected chi connectivity index (χ3v) is 5.83. The summed E-state index contributed by atoms with van der Waals surface area (Å²) >= 11 is 0. The highest BCUT2D eigenvalue weighted by Gasteiger charge is 2.32. The van der Waals surface area contributed by atoms with Crippen LogP contribution in [0.3, 0.4) is 0 Å².